The van der Waals surface area contributed by atoms with Gasteiger partial charge < -0.3 is 5.32 Å². The Balaban J connectivity index is 1.73. The van der Waals surface area contributed by atoms with Crippen molar-refractivity contribution in [2.45, 2.75) is 6.54 Å². The Morgan fingerprint density at radius 3 is 2.39 bits per heavy atom. The van der Waals surface area contributed by atoms with E-state index in [9.17, 15) is 4.79 Å². The highest BCUT2D eigenvalue weighted by Crippen LogP contribution is 2.20. The molecule has 0 spiro atoms. The Hall–Kier alpha value is -2.65. The topological polar surface area (TPSA) is 33.0 Å². The van der Waals surface area contributed by atoms with E-state index < -0.39 is 0 Å². The van der Waals surface area contributed by atoms with Crippen LogP contribution in [0.4, 0.5) is 5.69 Å². The zero-order valence-corrected chi connectivity index (χ0v) is 13.2. The average Bonchev–Trinajstić information content (AvgIpc) is 2.58. The van der Waals surface area contributed by atoms with Gasteiger partial charge in [0.25, 0.3) is 5.91 Å². The van der Waals surface area contributed by atoms with E-state index in [0.717, 1.165) is 11.1 Å². The molecule has 0 aliphatic rings. The van der Waals surface area contributed by atoms with Gasteiger partial charge in [0, 0.05) is 11.6 Å². The number of aromatic nitrogens is 1. The first-order valence-corrected chi connectivity index (χ1v) is 7.69. The highest BCUT2D eigenvalue weighted by Gasteiger charge is 2.12. The second-order valence-electron chi connectivity index (χ2n) is 5.16. The van der Waals surface area contributed by atoms with E-state index >= 15 is 0 Å². The summed E-state index contributed by atoms with van der Waals surface area (Å²) in [6.45, 7) is 0.228. The Bertz CT molecular complexity index is 818. The van der Waals surface area contributed by atoms with Gasteiger partial charge >= 0.3 is 0 Å². The molecule has 3 aromatic rings. The van der Waals surface area contributed by atoms with Crippen molar-refractivity contribution in [2.75, 3.05) is 5.32 Å². The molecular weight excluding hydrogens is 308 g/mol. The second kappa shape index (κ2) is 7.07. The smallest absolute Gasteiger partial charge is 0.290 e. The number of anilines is 1. The highest BCUT2D eigenvalue weighted by molar-refractivity contribution is 6.33. The van der Waals surface area contributed by atoms with Gasteiger partial charge in [0.05, 0.1) is 10.7 Å². The van der Waals surface area contributed by atoms with Crippen molar-refractivity contribution in [1.82, 2.24) is 0 Å². The normalized spacial score (nSPS) is 10.3. The molecule has 0 atom stereocenters. The van der Waals surface area contributed by atoms with Crippen LogP contribution in [0.25, 0.3) is 11.1 Å². The van der Waals surface area contributed by atoms with Crippen LogP contribution in [0.15, 0.2) is 79.1 Å². The number of amides is 1. The predicted molar refractivity (Wildman–Crippen MR) is 92.2 cm³/mol. The molecule has 1 aromatic heterocycles. The highest BCUT2D eigenvalue weighted by atomic mass is 35.5. The summed E-state index contributed by atoms with van der Waals surface area (Å²) in [4.78, 5) is 12.2. The lowest BCUT2D eigenvalue weighted by atomic mass is 10.1. The number of nitrogens with one attached hydrogen (secondary N) is 1. The van der Waals surface area contributed by atoms with E-state index in [-0.39, 0.29) is 12.5 Å². The molecule has 3 rings (SSSR count). The van der Waals surface area contributed by atoms with Gasteiger partial charge in [-0.1, -0.05) is 54.1 Å². The van der Waals surface area contributed by atoms with Gasteiger partial charge in [-0.05, 0) is 23.8 Å². The number of hydrogen-bond donors (Lipinski definition) is 1. The van der Waals surface area contributed by atoms with Crippen LogP contribution in [-0.2, 0) is 11.3 Å². The monoisotopic (exact) mass is 323 g/mol. The van der Waals surface area contributed by atoms with E-state index in [0.29, 0.717) is 10.7 Å². The number of halogens is 1. The third-order valence-corrected chi connectivity index (χ3v) is 3.77. The van der Waals surface area contributed by atoms with Crippen LogP contribution in [0, 0.1) is 0 Å². The van der Waals surface area contributed by atoms with Gasteiger partial charge in [0.15, 0.2) is 12.4 Å². The van der Waals surface area contributed by atoms with Crippen molar-refractivity contribution in [1.29, 1.82) is 0 Å². The first kappa shape index (κ1) is 15.3. The van der Waals surface area contributed by atoms with E-state index in [1.165, 1.54) is 0 Å². The van der Waals surface area contributed by atoms with Crippen LogP contribution in [0.1, 0.15) is 0 Å². The van der Waals surface area contributed by atoms with Crippen molar-refractivity contribution in [3.8, 4) is 11.1 Å². The Morgan fingerprint density at radius 1 is 0.913 bits per heavy atom. The van der Waals surface area contributed by atoms with E-state index in [1.807, 2.05) is 71.6 Å². The van der Waals surface area contributed by atoms with E-state index in [4.69, 9.17) is 11.6 Å². The third kappa shape index (κ3) is 3.96. The zero-order valence-electron chi connectivity index (χ0n) is 12.4. The van der Waals surface area contributed by atoms with Gasteiger partial charge in [0.2, 0.25) is 6.54 Å². The molecule has 3 nitrogen and oxygen atoms in total. The molecule has 0 saturated carbocycles. The van der Waals surface area contributed by atoms with Crippen molar-refractivity contribution >= 4 is 23.2 Å². The molecule has 0 fully saturated rings. The minimum atomic E-state index is -0.117. The molecule has 1 N–H and O–H groups in total. The summed E-state index contributed by atoms with van der Waals surface area (Å²) in [6.07, 6.45) is 3.83. The van der Waals surface area contributed by atoms with Crippen LogP contribution in [0.3, 0.4) is 0 Å². The number of benzene rings is 2. The summed E-state index contributed by atoms with van der Waals surface area (Å²) in [5.41, 5.74) is 2.81. The fraction of sp³-hybridized carbons (Fsp3) is 0.0526. The van der Waals surface area contributed by atoms with Crippen LogP contribution in [-0.4, -0.2) is 5.91 Å². The maximum atomic E-state index is 12.2. The number of carbonyl (C=O) groups excluding carboxylic acids is 1. The lowest BCUT2D eigenvalue weighted by Gasteiger charge is -2.05. The van der Waals surface area contributed by atoms with Gasteiger partial charge in [0.1, 0.15) is 0 Å². The summed E-state index contributed by atoms with van der Waals surface area (Å²) in [5, 5.41) is 3.36. The summed E-state index contributed by atoms with van der Waals surface area (Å²) in [5.74, 6) is -0.117. The Kier molecular flexibility index (Phi) is 4.69. The lowest BCUT2D eigenvalue weighted by molar-refractivity contribution is -0.683. The summed E-state index contributed by atoms with van der Waals surface area (Å²) in [6, 6.07) is 21.2. The molecule has 0 radical (unpaired) electrons. The number of pyridine rings is 1. The zero-order chi connectivity index (χ0) is 16.1. The van der Waals surface area contributed by atoms with Gasteiger partial charge in [-0.3, -0.25) is 4.79 Å². The Morgan fingerprint density at radius 2 is 1.61 bits per heavy atom. The maximum Gasteiger partial charge on any atom is 0.290 e. The first-order valence-electron chi connectivity index (χ1n) is 7.31. The average molecular weight is 324 g/mol. The molecule has 0 unspecified atom stereocenters. The molecule has 4 heteroatoms. The molecule has 0 bridgehead atoms. The third-order valence-electron chi connectivity index (χ3n) is 3.44. The summed E-state index contributed by atoms with van der Waals surface area (Å²) < 4.78 is 1.86. The van der Waals surface area contributed by atoms with Crippen LogP contribution < -0.4 is 9.88 Å². The van der Waals surface area contributed by atoms with Gasteiger partial charge in [-0.25, -0.2) is 0 Å². The predicted octanol–water partition coefficient (Wildman–Crippen LogP) is 3.93. The molecule has 1 heterocycles. The fourth-order valence-corrected chi connectivity index (χ4v) is 2.52. The summed E-state index contributed by atoms with van der Waals surface area (Å²) in [7, 11) is 0. The number of nitrogens with zero attached hydrogens (tertiary/aromatic N) is 1. The number of para-hydroxylation sites is 1. The minimum absolute atomic E-state index is 0.117. The van der Waals surface area contributed by atoms with Gasteiger partial charge in [-0.15, -0.1) is 0 Å². The van der Waals surface area contributed by atoms with Crippen LogP contribution >= 0.6 is 11.6 Å². The second-order valence-corrected chi connectivity index (χ2v) is 5.57. The maximum absolute atomic E-state index is 12.2. The van der Waals surface area contributed by atoms with Crippen molar-refractivity contribution < 1.29 is 9.36 Å². The molecule has 0 saturated heterocycles. The molecule has 0 aliphatic heterocycles. The van der Waals surface area contributed by atoms with Crippen molar-refractivity contribution in [3.63, 3.8) is 0 Å². The van der Waals surface area contributed by atoms with Crippen LogP contribution in [0.2, 0.25) is 5.02 Å². The van der Waals surface area contributed by atoms with Crippen molar-refractivity contribution in [3.05, 3.63) is 84.1 Å². The van der Waals surface area contributed by atoms with Crippen LogP contribution in [0.5, 0.6) is 0 Å². The van der Waals surface area contributed by atoms with E-state index in [2.05, 4.69) is 5.32 Å². The molecular formula is C19H16ClN2O+. The molecule has 1 amide bonds. The molecule has 2 aromatic carbocycles. The standard InChI is InChI=1S/C19H15ClN2O/c20-17-10-4-5-11-18(17)21-19(23)14-22-12-6-9-16(13-22)15-7-2-1-3-8-15/h1-13H,14H2/p+1. The van der Waals surface area contributed by atoms with E-state index in [1.54, 1.807) is 12.1 Å². The SMILES string of the molecule is O=C(C[n+]1cccc(-c2ccccc2)c1)Nc1ccccc1Cl. The quantitative estimate of drug-likeness (QED) is 0.725. The minimum Gasteiger partial charge on any atom is -0.319 e. The lowest BCUT2D eigenvalue weighted by Crippen LogP contribution is -2.39. The molecule has 0 aliphatic carbocycles. The van der Waals surface area contributed by atoms with Crippen molar-refractivity contribution in [2.24, 2.45) is 0 Å². The Labute approximate surface area is 140 Å². The molecule has 114 valence electrons. The van der Waals surface area contributed by atoms with Gasteiger partial charge in [-0.2, -0.15) is 4.57 Å². The number of carbonyl (C=O) groups is 1. The summed E-state index contributed by atoms with van der Waals surface area (Å²) >= 11 is 6.06. The first-order chi connectivity index (χ1) is 11.2. The fourth-order valence-electron chi connectivity index (χ4n) is 2.34. The largest absolute Gasteiger partial charge is 0.319 e. The molecule has 23 heavy (non-hydrogen) atoms. The number of rotatable bonds is 4. The number of hydrogen-bond acceptors (Lipinski definition) is 1.